The Morgan fingerprint density at radius 2 is 1.26 bits per heavy atom. The summed E-state index contributed by atoms with van der Waals surface area (Å²) in [6.07, 6.45) is 0. The summed E-state index contributed by atoms with van der Waals surface area (Å²) in [7, 11) is 0. The molecule has 0 saturated heterocycles. The van der Waals surface area contributed by atoms with Gasteiger partial charge in [-0.25, -0.2) is 4.57 Å². The molecule has 0 unspecified atom stereocenters. The van der Waals surface area contributed by atoms with Crippen LogP contribution in [0.5, 0.6) is 0 Å². The van der Waals surface area contributed by atoms with Crippen LogP contribution >= 0.6 is 18.2 Å². The van der Waals surface area contributed by atoms with Crippen molar-refractivity contribution in [3.05, 3.63) is 13.2 Å². The topological polar surface area (TPSA) is 88.5 Å². The molecule has 168 valence electrons. The molecule has 0 atom stereocenters. The van der Waals surface area contributed by atoms with E-state index >= 15 is 0 Å². The Hall–Kier alpha value is 0.0800. The van der Waals surface area contributed by atoms with Crippen LogP contribution in [0.3, 0.4) is 0 Å². The predicted octanol–water partition coefficient (Wildman–Crippen LogP) is 4.06. The van der Waals surface area contributed by atoms with Crippen LogP contribution in [-0.4, -0.2) is 80.1 Å². The Morgan fingerprint density at radius 1 is 0.852 bits per heavy atom. The van der Waals surface area contributed by atoms with Crippen molar-refractivity contribution >= 4 is 18.2 Å². The van der Waals surface area contributed by atoms with Crippen molar-refractivity contribution in [3.63, 3.8) is 0 Å². The minimum Gasteiger partial charge on any atom is -0.394 e. The number of hydrogen-bond acceptors (Lipinski definition) is 8. The maximum Gasteiger partial charge on any atom is 0.389 e. The molecule has 0 bridgehead atoms. The van der Waals surface area contributed by atoms with E-state index in [9.17, 15) is 4.57 Å². The second-order valence-electron chi connectivity index (χ2n) is 4.37. The van der Waals surface area contributed by atoms with E-state index in [1.165, 1.54) is 11.4 Å². The molecule has 0 aromatic carbocycles. The molecule has 0 amide bonds. The molecule has 0 aromatic heterocycles. The fourth-order valence-corrected chi connectivity index (χ4v) is 4.87. The average Bonchev–Trinajstić information content (AvgIpc) is 2.68. The summed E-state index contributed by atoms with van der Waals surface area (Å²) in [6, 6.07) is 0. The van der Waals surface area contributed by atoms with Gasteiger partial charge in [-0.05, 0) is 52.2 Å². The Kier molecular flexibility index (Phi) is 39.4. The van der Waals surface area contributed by atoms with Crippen molar-refractivity contribution in [3.8, 4) is 0 Å². The highest BCUT2D eigenvalue weighted by atomic mass is 32.7. The maximum absolute atomic E-state index is 12.1. The summed E-state index contributed by atoms with van der Waals surface area (Å²) < 4.78 is 27.3. The molecule has 0 spiro atoms. The summed E-state index contributed by atoms with van der Waals surface area (Å²) in [5, 5.41) is 15.2. The zero-order chi connectivity index (χ0) is 22.0. The van der Waals surface area contributed by atoms with Gasteiger partial charge < -0.3 is 28.9 Å². The molecule has 2 N–H and O–H groups in total. The number of aliphatic hydroxyl groups is 2. The summed E-state index contributed by atoms with van der Waals surface area (Å²) in [4.78, 5) is 2.29. The first-order valence-electron chi connectivity index (χ1n) is 9.50. The number of aliphatic hydroxyl groups excluding tert-OH is 2. The van der Waals surface area contributed by atoms with Crippen LogP contribution in [0, 0.1) is 0 Å². The van der Waals surface area contributed by atoms with Crippen molar-refractivity contribution < 1.29 is 28.6 Å². The molecule has 9 heteroatoms. The lowest BCUT2D eigenvalue weighted by atomic mass is 10.5. The summed E-state index contributed by atoms with van der Waals surface area (Å²) >= 11 is 1.30. The number of rotatable bonds is 13. The molecular formula is C18H44NO6PS. The Labute approximate surface area is 171 Å². The molecule has 0 saturated carbocycles. The standard InChI is InChI=1S/C10H24NO3PS.C4H10O.C2H6O2.C2H4/c1-5-11(6-2)9-10-16-15(12,13-7-3)14-8-4;1-3-5-4-2;3-1-2-4;1-2/h5-10H2,1-4H3;3-4H2,1-2H3;3-4H,1-2H2;1-2H2. The van der Waals surface area contributed by atoms with Crippen LogP contribution in [0.1, 0.15) is 41.5 Å². The highest BCUT2D eigenvalue weighted by Gasteiger charge is 2.24. The smallest absolute Gasteiger partial charge is 0.389 e. The lowest BCUT2D eigenvalue weighted by Gasteiger charge is -2.20. The van der Waals surface area contributed by atoms with Crippen molar-refractivity contribution in [1.29, 1.82) is 0 Å². The van der Waals surface area contributed by atoms with E-state index in [2.05, 4.69) is 31.9 Å². The second kappa shape index (κ2) is 30.8. The van der Waals surface area contributed by atoms with Gasteiger partial charge in [0.2, 0.25) is 0 Å². The van der Waals surface area contributed by atoms with Crippen LogP contribution < -0.4 is 0 Å². The average molecular weight is 434 g/mol. The van der Waals surface area contributed by atoms with Crippen LogP contribution in [0.15, 0.2) is 13.2 Å². The van der Waals surface area contributed by atoms with E-state index in [1.807, 2.05) is 27.7 Å². The first-order valence-corrected chi connectivity index (χ1v) is 12.6. The first kappa shape index (κ1) is 34.6. The quantitative estimate of drug-likeness (QED) is 0.332. The summed E-state index contributed by atoms with van der Waals surface area (Å²) in [5.74, 6) is 0.777. The third kappa shape index (κ3) is 31.0. The molecule has 0 rings (SSSR count). The molecular weight excluding hydrogens is 389 g/mol. The Morgan fingerprint density at radius 3 is 1.48 bits per heavy atom. The van der Waals surface area contributed by atoms with E-state index in [0.29, 0.717) is 13.2 Å². The highest BCUT2D eigenvalue weighted by molar-refractivity contribution is 8.55. The van der Waals surface area contributed by atoms with Gasteiger partial charge in [0.05, 0.1) is 26.4 Å². The van der Waals surface area contributed by atoms with Gasteiger partial charge in [-0.3, -0.25) is 0 Å². The molecule has 0 aromatic rings. The van der Waals surface area contributed by atoms with Gasteiger partial charge in [-0.1, -0.05) is 13.8 Å². The van der Waals surface area contributed by atoms with Crippen molar-refractivity contribution in [2.75, 3.05) is 65.0 Å². The van der Waals surface area contributed by atoms with Gasteiger partial charge in [0.25, 0.3) is 0 Å². The SMILES string of the molecule is C=C.CCOCC.CCOP(=O)(OCC)SCCN(CC)CC.OCCO. The zero-order valence-corrected chi connectivity index (χ0v) is 20.0. The van der Waals surface area contributed by atoms with Gasteiger partial charge in [0.15, 0.2) is 0 Å². The largest absolute Gasteiger partial charge is 0.394 e. The fraction of sp³-hybridized carbons (Fsp3) is 0.889. The minimum atomic E-state index is -2.91. The van der Waals surface area contributed by atoms with E-state index < -0.39 is 6.80 Å². The van der Waals surface area contributed by atoms with Crippen molar-refractivity contribution in [2.24, 2.45) is 0 Å². The lowest BCUT2D eigenvalue weighted by Crippen LogP contribution is -2.25. The molecule has 0 fully saturated rings. The Balaban J connectivity index is -0.000000197. The fourth-order valence-electron chi connectivity index (χ4n) is 1.45. The van der Waals surface area contributed by atoms with Gasteiger partial charge in [0.1, 0.15) is 0 Å². The molecule has 0 aliphatic rings. The lowest BCUT2D eigenvalue weighted by molar-refractivity contribution is 0.162. The monoisotopic (exact) mass is 433 g/mol. The third-order valence-electron chi connectivity index (χ3n) is 2.63. The number of ether oxygens (including phenoxy) is 1. The van der Waals surface area contributed by atoms with Gasteiger partial charge in [0, 0.05) is 25.5 Å². The number of nitrogens with zero attached hydrogens (tertiary/aromatic N) is 1. The van der Waals surface area contributed by atoms with Crippen molar-refractivity contribution in [1.82, 2.24) is 4.90 Å². The van der Waals surface area contributed by atoms with Gasteiger partial charge in [-0.15, -0.1) is 13.2 Å². The molecule has 0 radical (unpaired) electrons. The van der Waals surface area contributed by atoms with Crippen LogP contribution in [-0.2, 0) is 18.3 Å². The maximum atomic E-state index is 12.1. The number of hydrogen-bond donors (Lipinski definition) is 2. The predicted molar refractivity (Wildman–Crippen MR) is 119 cm³/mol. The Bertz CT molecular complexity index is 283. The van der Waals surface area contributed by atoms with Gasteiger partial charge >= 0.3 is 6.80 Å². The summed E-state index contributed by atoms with van der Waals surface area (Å²) in [6.45, 7) is 20.2. The third-order valence-corrected chi connectivity index (χ3v) is 6.59. The van der Waals surface area contributed by atoms with Crippen LogP contribution in [0.4, 0.5) is 0 Å². The van der Waals surface area contributed by atoms with E-state index in [-0.39, 0.29) is 13.2 Å². The van der Waals surface area contributed by atoms with Crippen LogP contribution in [0.2, 0.25) is 0 Å². The normalized spacial score (nSPS) is 10.1. The molecule has 27 heavy (non-hydrogen) atoms. The van der Waals surface area contributed by atoms with E-state index in [4.69, 9.17) is 24.0 Å². The van der Waals surface area contributed by atoms with E-state index in [0.717, 1.165) is 38.6 Å². The molecule has 7 nitrogen and oxygen atoms in total. The van der Waals surface area contributed by atoms with Crippen molar-refractivity contribution in [2.45, 2.75) is 41.5 Å². The second-order valence-corrected chi connectivity index (χ2v) is 8.57. The molecule has 0 aliphatic carbocycles. The molecule has 0 aliphatic heterocycles. The summed E-state index contributed by atoms with van der Waals surface area (Å²) in [5.41, 5.74) is 0. The van der Waals surface area contributed by atoms with Crippen LogP contribution in [0.25, 0.3) is 0 Å². The highest BCUT2D eigenvalue weighted by Crippen LogP contribution is 2.60. The zero-order valence-electron chi connectivity index (χ0n) is 18.3. The minimum absolute atomic E-state index is 0.125. The first-order chi connectivity index (χ1) is 12.9. The molecule has 0 heterocycles. The van der Waals surface area contributed by atoms with Gasteiger partial charge in [-0.2, -0.15) is 0 Å². The van der Waals surface area contributed by atoms with E-state index in [1.54, 1.807) is 0 Å².